The fourth-order valence-corrected chi connectivity index (χ4v) is 5.03. The van der Waals surface area contributed by atoms with Gasteiger partial charge in [0.1, 0.15) is 18.6 Å². The molecule has 4 rings (SSSR count). The molecule has 50 heavy (non-hydrogen) atoms. The Morgan fingerprint density at radius 1 is 0.940 bits per heavy atom. The van der Waals surface area contributed by atoms with Gasteiger partial charge < -0.3 is 33.7 Å². The fraction of sp³-hybridized carbons (Fsp3) is 0.361. The van der Waals surface area contributed by atoms with Crippen LogP contribution in [0.3, 0.4) is 0 Å². The monoisotopic (exact) mass is 690 g/mol. The first-order valence-corrected chi connectivity index (χ1v) is 15.8. The Labute approximate surface area is 288 Å². The first-order valence-electron chi connectivity index (χ1n) is 15.8. The van der Waals surface area contributed by atoms with E-state index in [1.807, 2.05) is 6.07 Å². The van der Waals surface area contributed by atoms with E-state index in [-0.39, 0.29) is 12.2 Å². The summed E-state index contributed by atoms with van der Waals surface area (Å²) >= 11 is 0. The van der Waals surface area contributed by atoms with Gasteiger partial charge in [-0.25, -0.2) is 14.6 Å². The maximum Gasteiger partial charge on any atom is 0.357 e. The van der Waals surface area contributed by atoms with Crippen molar-refractivity contribution in [3.8, 4) is 11.5 Å². The molecule has 0 aliphatic carbocycles. The van der Waals surface area contributed by atoms with Crippen LogP contribution in [-0.4, -0.2) is 72.7 Å². The van der Waals surface area contributed by atoms with Crippen molar-refractivity contribution in [2.45, 2.75) is 58.5 Å². The molecular formula is C36H38N2O12. The van der Waals surface area contributed by atoms with Crippen molar-refractivity contribution in [2.24, 2.45) is 11.8 Å². The topological polar surface area (TPSA) is 183 Å². The van der Waals surface area contributed by atoms with E-state index in [0.717, 1.165) is 12.5 Å². The molecular weight excluding hydrogens is 652 g/mol. The van der Waals surface area contributed by atoms with Crippen molar-refractivity contribution in [1.82, 2.24) is 10.3 Å². The van der Waals surface area contributed by atoms with E-state index >= 15 is 0 Å². The Balaban J connectivity index is 1.61. The molecule has 3 aromatic rings. The zero-order valence-electron chi connectivity index (χ0n) is 28.2. The summed E-state index contributed by atoms with van der Waals surface area (Å²) < 4.78 is 32.9. The van der Waals surface area contributed by atoms with E-state index in [0.29, 0.717) is 5.56 Å². The number of aromatic nitrogens is 1. The van der Waals surface area contributed by atoms with E-state index in [1.165, 1.54) is 26.3 Å². The van der Waals surface area contributed by atoms with Crippen LogP contribution in [0.5, 0.6) is 11.5 Å². The lowest BCUT2D eigenvalue weighted by molar-refractivity contribution is -0.176. The van der Waals surface area contributed by atoms with Gasteiger partial charge in [0.15, 0.2) is 23.6 Å². The number of benzene rings is 2. The summed E-state index contributed by atoms with van der Waals surface area (Å²) in [4.78, 5) is 82.5. The third-order valence-electron chi connectivity index (χ3n) is 7.57. The Hall–Kier alpha value is -5.79. The molecule has 0 spiro atoms. The number of hydrogen-bond donors (Lipinski definition) is 1. The van der Waals surface area contributed by atoms with Crippen LogP contribution < -0.4 is 14.8 Å². The average Bonchev–Trinajstić information content (AvgIpc) is 3.13. The maximum absolute atomic E-state index is 13.7. The van der Waals surface area contributed by atoms with Gasteiger partial charge in [-0.3, -0.25) is 19.2 Å². The highest BCUT2D eigenvalue weighted by molar-refractivity contribution is 5.99. The highest BCUT2D eigenvalue weighted by Gasteiger charge is 2.42. The van der Waals surface area contributed by atoms with Gasteiger partial charge in [-0.2, -0.15) is 0 Å². The molecule has 1 amide bonds. The summed E-state index contributed by atoms with van der Waals surface area (Å²) in [6.07, 6.45) is -2.53. The van der Waals surface area contributed by atoms with Crippen LogP contribution in [0.25, 0.3) is 0 Å². The minimum atomic E-state index is -1.56. The van der Waals surface area contributed by atoms with Crippen molar-refractivity contribution in [1.29, 1.82) is 0 Å². The number of nitrogens with zero attached hydrogens (tertiary/aromatic N) is 1. The number of cyclic esters (lactones) is 2. The van der Waals surface area contributed by atoms with E-state index < -0.39 is 90.0 Å². The molecule has 14 heteroatoms. The Morgan fingerprint density at radius 2 is 1.60 bits per heavy atom. The fourth-order valence-electron chi connectivity index (χ4n) is 5.03. The first kappa shape index (κ1) is 37.0. The number of esters is 5. The SMILES string of the molecule is COc1ccnc(C(=O)NC2COC(=O)C(Cc3ccccc3)C(OC(=O)C(C)C)C(C)OC2=O)c1OC(=O)C(OC(C)=O)c1ccccc1. The van der Waals surface area contributed by atoms with E-state index in [4.69, 9.17) is 28.4 Å². The molecule has 0 bridgehead atoms. The largest absolute Gasteiger partial charge is 0.493 e. The Bertz CT molecular complexity index is 1700. The molecule has 0 radical (unpaired) electrons. The Kier molecular flexibility index (Phi) is 12.6. The van der Waals surface area contributed by atoms with Gasteiger partial charge >= 0.3 is 29.8 Å². The number of pyridine rings is 1. The van der Waals surface area contributed by atoms with E-state index in [1.54, 1.807) is 68.4 Å². The quantitative estimate of drug-likeness (QED) is 0.229. The van der Waals surface area contributed by atoms with Crippen LogP contribution in [-0.2, 0) is 49.3 Å². The molecule has 1 fully saturated rings. The molecule has 1 N–H and O–H groups in total. The van der Waals surface area contributed by atoms with E-state index in [9.17, 15) is 28.8 Å². The van der Waals surface area contributed by atoms with Gasteiger partial charge in [-0.15, -0.1) is 0 Å². The van der Waals surface area contributed by atoms with Gasteiger partial charge in [0.05, 0.1) is 13.0 Å². The number of methoxy groups -OCH3 is 1. The number of rotatable bonds is 11. The summed E-state index contributed by atoms with van der Waals surface area (Å²) in [6, 6.07) is 16.8. The lowest BCUT2D eigenvalue weighted by Gasteiger charge is -2.29. The number of carbonyl (C=O) groups excluding carboxylic acids is 6. The van der Waals surface area contributed by atoms with Crippen molar-refractivity contribution in [2.75, 3.05) is 13.7 Å². The summed E-state index contributed by atoms with van der Waals surface area (Å²) in [5, 5.41) is 2.42. The summed E-state index contributed by atoms with van der Waals surface area (Å²) in [6.45, 7) is 5.20. The van der Waals surface area contributed by atoms with Gasteiger partial charge in [-0.1, -0.05) is 74.5 Å². The normalized spacial score (nSPS) is 19.7. The molecule has 1 aromatic heterocycles. The van der Waals surface area contributed by atoms with E-state index in [2.05, 4.69) is 10.3 Å². The van der Waals surface area contributed by atoms with Crippen LogP contribution >= 0.6 is 0 Å². The molecule has 264 valence electrons. The second-order valence-corrected chi connectivity index (χ2v) is 11.7. The van der Waals surface area contributed by atoms with Crippen molar-refractivity contribution < 1.29 is 57.2 Å². The zero-order valence-corrected chi connectivity index (χ0v) is 28.2. The summed E-state index contributed by atoms with van der Waals surface area (Å²) in [5.74, 6) is -7.35. The van der Waals surface area contributed by atoms with Crippen molar-refractivity contribution in [3.63, 3.8) is 0 Å². The van der Waals surface area contributed by atoms with Crippen LogP contribution in [0.4, 0.5) is 0 Å². The highest BCUT2D eigenvalue weighted by atomic mass is 16.6. The number of hydrogen-bond acceptors (Lipinski definition) is 13. The van der Waals surface area contributed by atoms with Crippen molar-refractivity contribution >= 4 is 35.8 Å². The molecule has 5 unspecified atom stereocenters. The standard InChI is InChI=1S/C36H38N2O12/c1-20(2)33(41)49-29-21(3)47-35(43)26(19-46-34(42)25(29)18-23-12-8-6-9-13-23)38-32(40)28-31(27(45-5)16-17-37-28)50-36(44)30(48-22(4)39)24-14-10-7-11-15-24/h6-17,20-21,25-26,29-30H,18-19H2,1-5H3,(H,38,40). The lowest BCUT2D eigenvalue weighted by Crippen LogP contribution is -2.47. The molecule has 0 saturated carbocycles. The van der Waals surface area contributed by atoms with Crippen LogP contribution in [0, 0.1) is 11.8 Å². The highest BCUT2D eigenvalue weighted by Crippen LogP contribution is 2.32. The predicted octanol–water partition coefficient (Wildman–Crippen LogP) is 3.31. The van der Waals surface area contributed by atoms with Crippen LogP contribution in [0.2, 0.25) is 0 Å². The van der Waals surface area contributed by atoms with Crippen molar-refractivity contribution in [3.05, 3.63) is 89.7 Å². The molecule has 5 atom stereocenters. The molecule has 14 nitrogen and oxygen atoms in total. The molecule has 1 aliphatic heterocycles. The van der Waals surface area contributed by atoms with Crippen LogP contribution in [0.1, 0.15) is 55.4 Å². The third-order valence-corrected chi connectivity index (χ3v) is 7.57. The first-order chi connectivity index (χ1) is 23.9. The minimum Gasteiger partial charge on any atom is -0.493 e. The molecule has 1 saturated heterocycles. The smallest absolute Gasteiger partial charge is 0.357 e. The second-order valence-electron chi connectivity index (χ2n) is 11.7. The third kappa shape index (κ3) is 9.43. The predicted molar refractivity (Wildman–Crippen MR) is 173 cm³/mol. The summed E-state index contributed by atoms with van der Waals surface area (Å²) in [5.41, 5.74) is 0.566. The zero-order chi connectivity index (χ0) is 36.4. The maximum atomic E-state index is 13.7. The van der Waals surface area contributed by atoms with Gasteiger partial charge in [0, 0.05) is 24.8 Å². The average molecular weight is 691 g/mol. The number of carbonyl (C=O) groups is 6. The molecule has 2 aromatic carbocycles. The number of ether oxygens (including phenoxy) is 6. The summed E-state index contributed by atoms with van der Waals surface area (Å²) in [7, 11) is 1.26. The minimum absolute atomic E-state index is 0.0798. The Morgan fingerprint density at radius 3 is 2.22 bits per heavy atom. The molecule has 2 heterocycles. The number of amides is 1. The lowest BCUT2D eigenvalue weighted by atomic mass is 9.91. The van der Waals surface area contributed by atoms with Gasteiger partial charge in [0.25, 0.3) is 5.91 Å². The number of nitrogens with one attached hydrogen (secondary N) is 1. The second kappa shape index (κ2) is 17.0. The van der Waals surface area contributed by atoms with Gasteiger partial charge in [-0.05, 0) is 18.9 Å². The van der Waals surface area contributed by atoms with Gasteiger partial charge in [0.2, 0.25) is 11.9 Å². The van der Waals surface area contributed by atoms with Crippen LogP contribution in [0.15, 0.2) is 72.9 Å². The molecule has 1 aliphatic rings.